The van der Waals surface area contributed by atoms with Crippen molar-refractivity contribution < 1.29 is 19.1 Å². The summed E-state index contributed by atoms with van der Waals surface area (Å²) in [6, 6.07) is 3.51. The summed E-state index contributed by atoms with van der Waals surface area (Å²) in [4.78, 5) is 41.8. The summed E-state index contributed by atoms with van der Waals surface area (Å²) in [5.74, 6) is -2.01. The highest BCUT2D eigenvalue weighted by atomic mass is 32.1. The van der Waals surface area contributed by atoms with Crippen LogP contribution in [0.5, 0.6) is 0 Å². The molecule has 0 saturated heterocycles. The highest BCUT2D eigenvalue weighted by Gasteiger charge is 2.28. The van der Waals surface area contributed by atoms with E-state index >= 15 is 0 Å². The molecule has 142 valence electrons. The Hall–Kier alpha value is -2.74. The van der Waals surface area contributed by atoms with E-state index in [9.17, 15) is 14.4 Å². The number of rotatable bonds is 5. The molecule has 0 bridgehead atoms. The largest absolute Gasteiger partial charge is 0.462 e. The van der Waals surface area contributed by atoms with Gasteiger partial charge in [-0.25, -0.2) is 4.79 Å². The van der Waals surface area contributed by atoms with Crippen LogP contribution in [0.1, 0.15) is 46.1 Å². The number of hydrogen-bond acceptors (Lipinski definition) is 6. The van der Waals surface area contributed by atoms with Crippen molar-refractivity contribution in [2.75, 3.05) is 11.9 Å². The third-order valence-electron chi connectivity index (χ3n) is 4.29. The van der Waals surface area contributed by atoms with Crippen molar-refractivity contribution in [2.24, 2.45) is 0 Å². The first kappa shape index (κ1) is 19.0. The van der Waals surface area contributed by atoms with Crippen LogP contribution in [0.15, 0.2) is 24.5 Å². The zero-order chi connectivity index (χ0) is 19.2. The van der Waals surface area contributed by atoms with Crippen molar-refractivity contribution in [2.45, 2.75) is 39.2 Å². The second-order valence-electron chi connectivity index (χ2n) is 6.13. The minimum Gasteiger partial charge on any atom is -0.462 e. The van der Waals surface area contributed by atoms with E-state index in [1.54, 1.807) is 31.5 Å². The highest BCUT2D eigenvalue weighted by Crippen LogP contribution is 2.38. The van der Waals surface area contributed by atoms with Gasteiger partial charge in [0.15, 0.2) is 0 Å². The Balaban J connectivity index is 1.72. The predicted molar refractivity (Wildman–Crippen MR) is 102 cm³/mol. The molecular formula is C19H21N3O4S. The fraction of sp³-hybridized carbons (Fsp3) is 0.368. The van der Waals surface area contributed by atoms with Crippen molar-refractivity contribution in [3.8, 4) is 0 Å². The van der Waals surface area contributed by atoms with Crippen LogP contribution in [0.2, 0.25) is 0 Å². The minimum atomic E-state index is -0.798. The molecule has 0 atom stereocenters. The van der Waals surface area contributed by atoms with Gasteiger partial charge in [0.2, 0.25) is 0 Å². The number of fused-ring (bicyclic) bond motifs is 1. The molecule has 0 fully saturated rings. The molecule has 2 aromatic rings. The number of aromatic nitrogens is 1. The number of aryl methyl sites for hydroxylation is 1. The van der Waals surface area contributed by atoms with Crippen LogP contribution in [0, 0.1) is 0 Å². The Kier molecular flexibility index (Phi) is 6.18. The van der Waals surface area contributed by atoms with E-state index in [1.165, 1.54) is 11.3 Å². The highest BCUT2D eigenvalue weighted by molar-refractivity contribution is 7.17. The first-order chi connectivity index (χ1) is 13.1. The summed E-state index contributed by atoms with van der Waals surface area (Å²) in [6.07, 6.45) is 6.93. The van der Waals surface area contributed by atoms with Gasteiger partial charge in [-0.15, -0.1) is 11.3 Å². The Bertz CT molecular complexity index is 848. The number of esters is 1. The molecular weight excluding hydrogens is 366 g/mol. The average Bonchev–Trinajstić information content (AvgIpc) is 3.04. The maximum atomic E-state index is 12.4. The number of pyridine rings is 1. The van der Waals surface area contributed by atoms with Gasteiger partial charge in [0.1, 0.15) is 5.00 Å². The molecule has 1 aliphatic carbocycles. The lowest BCUT2D eigenvalue weighted by Crippen LogP contribution is -2.35. The maximum Gasteiger partial charge on any atom is 0.341 e. The summed E-state index contributed by atoms with van der Waals surface area (Å²) in [5.41, 5.74) is 2.17. The molecule has 0 aliphatic heterocycles. The molecule has 1 aliphatic rings. The quantitative estimate of drug-likeness (QED) is 0.607. The number of amides is 2. The maximum absolute atomic E-state index is 12.4. The standard InChI is InChI=1S/C19H21N3O4S/c1-2-26-19(25)15-13-5-3-4-6-14(13)27-18(15)22-17(24)16(23)21-11-12-7-9-20-10-8-12/h7-10H,2-6,11H2,1H3,(H,21,23)(H,22,24). The van der Waals surface area contributed by atoms with Crippen LogP contribution in [-0.4, -0.2) is 29.4 Å². The van der Waals surface area contributed by atoms with E-state index in [1.807, 2.05) is 0 Å². The Morgan fingerprint density at radius 2 is 1.89 bits per heavy atom. The molecule has 3 rings (SSSR count). The average molecular weight is 387 g/mol. The molecule has 27 heavy (non-hydrogen) atoms. The normalized spacial score (nSPS) is 12.8. The topological polar surface area (TPSA) is 97.4 Å². The molecule has 0 spiro atoms. The molecule has 0 radical (unpaired) electrons. The van der Waals surface area contributed by atoms with Crippen molar-refractivity contribution in [1.82, 2.24) is 10.3 Å². The molecule has 0 unspecified atom stereocenters. The first-order valence-corrected chi connectivity index (χ1v) is 9.71. The van der Waals surface area contributed by atoms with Gasteiger partial charge in [0.05, 0.1) is 12.2 Å². The third kappa shape index (κ3) is 4.51. The Labute approximate surface area is 161 Å². The SMILES string of the molecule is CCOC(=O)c1c(NC(=O)C(=O)NCc2ccncc2)sc2c1CCCC2. The smallest absolute Gasteiger partial charge is 0.341 e. The van der Waals surface area contributed by atoms with Crippen LogP contribution in [0.4, 0.5) is 5.00 Å². The Morgan fingerprint density at radius 1 is 1.15 bits per heavy atom. The second-order valence-corrected chi connectivity index (χ2v) is 7.23. The van der Waals surface area contributed by atoms with E-state index in [0.29, 0.717) is 10.6 Å². The molecule has 2 amide bonds. The molecule has 0 aromatic carbocycles. The van der Waals surface area contributed by atoms with Gasteiger partial charge in [-0.3, -0.25) is 14.6 Å². The van der Waals surface area contributed by atoms with Crippen molar-refractivity contribution in [3.63, 3.8) is 0 Å². The number of thiophene rings is 1. The molecule has 2 N–H and O–H groups in total. The van der Waals surface area contributed by atoms with Gasteiger partial charge in [0.25, 0.3) is 0 Å². The lowest BCUT2D eigenvalue weighted by Gasteiger charge is -2.12. The third-order valence-corrected chi connectivity index (χ3v) is 5.49. The first-order valence-electron chi connectivity index (χ1n) is 8.90. The lowest BCUT2D eigenvalue weighted by molar-refractivity contribution is -0.136. The van der Waals surface area contributed by atoms with Gasteiger partial charge in [-0.05, 0) is 55.9 Å². The van der Waals surface area contributed by atoms with Gasteiger partial charge in [0, 0.05) is 23.8 Å². The van der Waals surface area contributed by atoms with E-state index in [0.717, 1.165) is 41.7 Å². The molecule has 2 heterocycles. The number of carbonyl (C=O) groups excluding carboxylic acids is 3. The van der Waals surface area contributed by atoms with E-state index in [-0.39, 0.29) is 13.2 Å². The fourth-order valence-corrected chi connectivity index (χ4v) is 4.27. The number of nitrogens with zero attached hydrogens (tertiary/aromatic N) is 1. The zero-order valence-corrected chi connectivity index (χ0v) is 15.9. The van der Waals surface area contributed by atoms with E-state index in [4.69, 9.17) is 4.74 Å². The summed E-state index contributed by atoms with van der Waals surface area (Å²) in [5, 5.41) is 5.55. The van der Waals surface area contributed by atoms with E-state index < -0.39 is 17.8 Å². The van der Waals surface area contributed by atoms with Crippen LogP contribution < -0.4 is 10.6 Å². The van der Waals surface area contributed by atoms with Crippen molar-refractivity contribution in [1.29, 1.82) is 0 Å². The van der Waals surface area contributed by atoms with Crippen molar-refractivity contribution >= 4 is 34.1 Å². The predicted octanol–water partition coefficient (Wildman–Crippen LogP) is 2.45. The summed E-state index contributed by atoms with van der Waals surface area (Å²) in [6.45, 7) is 2.21. The lowest BCUT2D eigenvalue weighted by atomic mass is 9.95. The number of hydrogen-bond donors (Lipinski definition) is 2. The molecule has 7 nitrogen and oxygen atoms in total. The number of ether oxygens (including phenoxy) is 1. The second kappa shape index (κ2) is 8.77. The number of anilines is 1. The minimum absolute atomic E-state index is 0.223. The van der Waals surface area contributed by atoms with Gasteiger partial charge >= 0.3 is 17.8 Å². The van der Waals surface area contributed by atoms with Crippen LogP contribution >= 0.6 is 11.3 Å². The fourth-order valence-electron chi connectivity index (χ4n) is 3.00. The summed E-state index contributed by atoms with van der Waals surface area (Å²) >= 11 is 1.36. The van der Waals surface area contributed by atoms with Gasteiger partial charge < -0.3 is 15.4 Å². The van der Waals surface area contributed by atoms with Crippen LogP contribution in [-0.2, 0) is 33.7 Å². The molecule has 0 saturated carbocycles. The summed E-state index contributed by atoms with van der Waals surface area (Å²) in [7, 11) is 0. The van der Waals surface area contributed by atoms with Gasteiger partial charge in [-0.2, -0.15) is 0 Å². The monoisotopic (exact) mass is 387 g/mol. The molecule has 2 aromatic heterocycles. The van der Waals surface area contributed by atoms with Crippen LogP contribution in [0.25, 0.3) is 0 Å². The summed E-state index contributed by atoms with van der Waals surface area (Å²) < 4.78 is 5.15. The molecule has 8 heteroatoms. The van der Waals surface area contributed by atoms with Crippen LogP contribution in [0.3, 0.4) is 0 Å². The number of carbonyl (C=O) groups is 3. The van der Waals surface area contributed by atoms with Gasteiger partial charge in [-0.1, -0.05) is 0 Å². The zero-order valence-electron chi connectivity index (χ0n) is 15.0. The van der Waals surface area contributed by atoms with E-state index in [2.05, 4.69) is 15.6 Å². The Morgan fingerprint density at radius 3 is 2.63 bits per heavy atom. The van der Waals surface area contributed by atoms with Crippen molar-refractivity contribution in [3.05, 3.63) is 46.1 Å². The number of nitrogens with one attached hydrogen (secondary N) is 2.